The van der Waals surface area contributed by atoms with E-state index in [1.165, 1.54) is 7.11 Å². The van der Waals surface area contributed by atoms with Crippen LogP contribution < -0.4 is 4.90 Å². The Labute approximate surface area is 194 Å². The van der Waals surface area contributed by atoms with Gasteiger partial charge >= 0.3 is 5.97 Å². The van der Waals surface area contributed by atoms with Crippen LogP contribution in [0.2, 0.25) is 0 Å². The molecule has 0 N–H and O–H groups in total. The fourth-order valence-corrected chi connectivity index (χ4v) is 4.38. The van der Waals surface area contributed by atoms with Gasteiger partial charge in [0.2, 0.25) is 11.8 Å². The summed E-state index contributed by atoms with van der Waals surface area (Å²) in [5, 5.41) is 8.93. The summed E-state index contributed by atoms with van der Waals surface area (Å²) < 4.78 is 5.11. The number of esters is 1. The molecular weight excluding hydrogens is 418 g/mol. The minimum absolute atomic E-state index is 0.0660. The van der Waals surface area contributed by atoms with Gasteiger partial charge in [0.1, 0.15) is 0 Å². The highest BCUT2D eigenvalue weighted by molar-refractivity contribution is 5.95. The molecule has 0 aromatic heterocycles. The monoisotopic (exact) mass is 447 g/mol. The van der Waals surface area contributed by atoms with Crippen LogP contribution in [0.1, 0.15) is 37.7 Å². The zero-order valence-electron chi connectivity index (χ0n) is 18.9. The van der Waals surface area contributed by atoms with Gasteiger partial charge in [0, 0.05) is 38.2 Å². The number of amides is 2. The number of hydrogen-bond acceptors (Lipinski definition) is 5. The molecule has 7 heteroatoms. The molecule has 1 heterocycles. The molecule has 0 atom stereocenters. The van der Waals surface area contributed by atoms with Gasteiger partial charge in [-0.05, 0) is 30.5 Å². The Balaban J connectivity index is 1.61. The lowest BCUT2D eigenvalue weighted by atomic mass is 9.72. The number of para-hydroxylation sites is 1. The van der Waals surface area contributed by atoms with Crippen molar-refractivity contribution in [2.75, 3.05) is 31.6 Å². The maximum Gasteiger partial charge on any atom is 0.316 e. The van der Waals surface area contributed by atoms with Crippen molar-refractivity contribution in [1.29, 1.82) is 5.26 Å². The molecule has 172 valence electrons. The third kappa shape index (κ3) is 5.58. The summed E-state index contributed by atoms with van der Waals surface area (Å²) >= 11 is 0. The molecule has 33 heavy (non-hydrogen) atoms. The average molecular weight is 448 g/mol. The van der Waals surface area contributed by atoms with Crippen LogP contribution in [0.3, 0.4) is 0 Å². The Morgan fingerprint density at radius 2 is 1.61 bits per heavy atom. The van der Waals surface area contributed by atoms with Crippen molar-refractivity contribution >= 4 is 23.5 Å². The predicted molar refractivity (Wildman–Crippen MR) is 124 cm³/mol. The molecular formula is C26H29N3O4. The maximum absolute atomic E-state index is 12.8. The van der Waals surface area contributed by atoms with E-state index >= 15 is 0 Å². The van der Waals surface area contributed by atoms with E-state index in [0.29, 0.717) is 31.6 Å². The van der Waals surface area contributed by atoms with Crippen LogP contribution in [0.15, 0.2) is 60.7 Å². The number of benzene rings is 2. The number of anilines is 1. The van der Waals surface area contributed by atoms with Crippen LogP contribution >= 0.6 is 0 Å². The normalized spacial score (nSPS) is 14.7. The minimum Gasteiger partial charge on any atom is -0.468 e. The van der Waals surface area contributed by atoms with Gasteiger partial charge in [-0.2, -0.15) is 5.26 Å². The van der Waals surface area contributed by atoms with Gasteiger partial charge in [-0.3, -0.25) is 14.4 Å². The SMILES string of the molecule is COC(=O)C1(c2ccccc2)CCN(C(=O)CCC(=O)N(CCC#N)c2ccccc2)CC1. The van der Waals surface area contributed by atoms with E-state index in [4.69, 9.17) is 10.00 Å². The lowest BCUT2D eigenvalue weighted by Crippen LogP contribution is -2.49. The Morgan fingerprint density at radius 3 is 2.18 bits per heavy atom. The van der Waals surface area contributed by atoms with E-state index < -0.39 is 5.41 Å². The first-order chi connectivity index (χ1) is 16.0. The molecule has 3 rings (SSSR count). The summed E-state index contributed by atoms with van der Waals surface area (Å²) in [6.07, 6.45) is 1.32. The summed E-state index contributed by atoms with van der Waals surface area (Å²) in [5.74, 6) is -0.579. The van der Waals surface area contributed by atoms with Gasteiger partial charge in [-0.25, -0.2) is 0 Å². The molecule has 0 aliphatic carbocycles. The van der Waals surface area contributed by atoms with E-state index in [2.05, 4.69) is 6.07 Å². The Morgan fingerprint density at radius 1 is 1.00 bits per heavy atom. The first kappa shape index (κ1) is 24.0. The topological polar surface area (TPSA) is 90.7 Å². The second-order valence-corrected chi connectivity index (χ2v) is 8.11. The Kier molecular flexibility index (Phi) is 8.20. The number of hydrogen-bond donors (Lipinski definition) is 0. The number of methoxy groups -OCH3 is 1. The highest BCUT2D eigenvalue weighted by Gasteiger charge is 2.44. The number of ether oxygens (including phenoxy) is 1. The fourth-order valence-electron chi connectivity index (χ4n) is 4.38. The lowest BCUT2D eigenvalue weighted by molar-refractivity contribution is -0.151. The number of nitrogens with zero attached hydrogens (tertiary/aromatic N) is 3. The molecule has 0 unspecified atom stereocenters. The van der Waals surface area contributed by atoms with Gasteiger partial charge in [-0.15, -0.1) is 0 Å². The Hall–Kier alpha value is -3.66. The number of rotatable bonds is 8. The lowest BCUT2D eigenvalue weighted by Gasteiger charge is -2.40. The van der Waals surface area contributed by atoms with Crippen LogP contribution in [0.4, 0.5) is 5.69 Å². The number of nitriles is 1. The van der Waals surface area contributed by atoms with Crippen molar-refractivity contribution in [3.63, 3.8) is 0 Å². The molecule has 0 spiro atoms. The van der Waals surface area contributed by atoms with Crippen LogP contribution in [0.25, 0.3) is 0 Å². The van der Waals surface area contributed by atoms with E-state index in [-0.39, 0.29) is 43.6 Å². The quantitative estimate of drug-likeness (QED) is 0.578. The van der Waals surface area contributed by atoms with E-state index in [1.54, 1.807) is 9.80 Å². The molecule has 0 radical (unpaired) electrons. The van der Waals surface area contributed by atoms with Gasteiger partial charge in [0.15, 0.2) is 0 Å². The van der Waals surface area contributed by atoms with Crippen molar-refractivity contribution in [3.05, 3.63) is 66.2 Å². The highest BCUT2D eigenvalue weighted by atomic mass is 16.5. The molecule has 0 bridgehead atoms. The molecule has 0 saturated carbocycles. The standard InChI is InChI=1S/C26H29N3O4/c1-33-25(32)26(21-9-4-2-5-10-21)15-19-28(20-16-26)23(30)13-14-24(31)29(18-8-17-27)22-11-6-3-7-12-22/h2-7,9-12H,8,13-16,18-20H2,1H3. The summed E-state index contributed by atoms with van der Waals surface area (Å²) in [6, 6.07) is 20.8. The Bertz CT molecular complexity index is 993. The van der Waals surface area contributed by atoms with E-state index in [0.717, 1.165) is 5.56 Å². The van der Waals surface area contributed by atoms with Gasteiger partial charge < -0.3 is 14.5 Å². The van der Waals surface area contributed by atoms with Crippen LogP contribution in [-0.2, 0) is 24.5 Å². The average Bonchev–Trinajstić information content (AvgIpc) is 2.88. The molecule has 1 fully saturated rings. The molecule has 1 aliphatic heterocycles. The smallest absolute Gasteiger partial charge is 0.316 e. The molecule has 7 nitrogen and oxygen atoms in total. The largest absolute Gasteiger partial charge is 0.468 e. The zero-order valence-corrected chi connectivity index (χ0v) is 18.9. The van der Waals surface area contributed by atoms with Gasteiger partial charge in [-0.1, -0.05) is 48.5 Å². The van der Waals surface area contributed by atoms with Crippen molar-refractivity contribution in [1.82, 2.24) is 4.90 Å². The summed E-state index contributed by atoms with van der Waals surface area (Å²) in [5.41, 5.74) is 0.855. The van der Waals surface area contributed by atoms with Crippen LogP contribution in [0.5, 0.6) is 0 Å². The number of piperidine rings is 1. The summed E-state index contributed by atoms with van der Waals surface area (Å²) in [4.78, 5) is 41.6. The third-order valence-electron chi connectivity index (χ3n) is 6.24. The minimum atomic E-state index is -0.760. The first-order valence-electron chi connectivity index (χ1n) is 11.2. The molecule has 2 amide bonds. The number of carbonyl (C=O) groups is 3. The van der Waals surface area contributed by atoms with Crippen molar-refractivity contribution in [2.24, 2.45) is 0 Å². The predicted octanol–water partition coefficient (Wildman–Crippen LogP) is 3.45. The number of carbonyl (C=O) groups excluding carboxylic acids is 3. The zero-order chi connectivity index (χ0) is 23.7. The van der Waals surface area contributed by atoms with Crippen LogP contribution in [0, 0.1) is 11.3 Å². The van der Waals surface area contributed by atoms with Crippen LogP contribution in [-0.4, -0.2) is 49.4 Å². The third-order valence-corrected chi connectivity index (χ3v) is 6.24. The number of likely N-dealkylation sites (tertiary alicyclic amines) is 1. The maximum atomic E-state index is 12.8. The second kappa shape index (κ2) is 11.3. The fraction of sp³-hybridized carbons (Fsp3) is 0.385. The van der Waals surface area contributed by atoms with E-state index in [9.17, 15) is 14.4 Å². The second-order valence-electron chi connectivity index (χ2n) is 8.11. The summed E-state index contributed by atoms with van der Waals surface area (Å²) in [7, 11) is 1.39. The van der Waals surface area contributed by atoms with Gasteiger partial charge in [0.25, 0.3) is 0 Å². The van der Waals surface area contributed by atoms with E-state index in [1.807, 2.05) is 60.7 Å². The van der Waals surface area contributed by atoms with Gasteiger partial charge in [0.05, 0.1) is 25.0 Å². The summed E-state index contributed by atoms with van der Waals surface area (Å²) in [6.45, 7) is 1.14. The molecule has 2 aromatic carbocycles. The first-order valence-corrected chi connectivity index (χ1v) is 11.2. The molecule has 1 saturated heterocycles. The molecule has 1 aliphatic rings. The van der Waals surface area contributed by atoms with Crippen molar-refractivity contribution < 1.29 is 19.1 Å². The van der Waals surface area contributed by atoms with Crippen molar-refractivity contribution in [3.8, 4) is 6.07 Å². The highest BCUT2D eigenvalue weighted by Crippen LogP contribution is 2.37. The molecule has 2 aromatic rings. The van der Waals surface area contributed by atoms with Crippen molar-refractivity contribution in [2.45, 2.75) is 37.5 Å².